The second-order valence-electron chi connectivity index (χ2n) is 2.69. The Kier molecular flexibility index (Phi) is 2.35. The predicted molar refractivity (Wildman–Crippen MR) is 49.6 cm³/mol. The van der Waals surface area contributed by atoms with Crippen LogP contribution in [0.15, 0.2) is 29.2 Å². The van der Waals surface area contributed by atoms with Gasteiger partial charge >= 0.3 is 0 Å². The Morgan fingerprint density at radius 3 is 2.36 bits per heavy atom. The molecule has 0 bridgehead atoms. The lowest BCUT2D eigenvalue weighted by Crippen LogP contribution is -2.04. The molecule has 0 aliphatic rings. The van der Waals surface area contributed by atoms with Crippen LogP contribution in [-0.2, 0) is 14.1 Å². The zero-order chi connectivity index (χ0) is 8.48. The lowest BCUT2D eigenvalue weighted by molar-refractivity contribution is 0.591. The first-order valence-electron chi connectivity index (χ1n) is 3.20. The highest BCUT2D eigenvalue weighted by Crippen LogP contribution is 2.18. The van der Waals surface area contributed by atoms with Crippen molar-refractivity contribution in [2.45, 2.75) is 4.90 Å². The summed E-state index contributed by atoms with van der Waals surface area (Å²) in [6.45, 7) is 0. The second-order valence-corrected chi connectivity index (χ2v) is 6.06. The quantitative estimate of drug-likeness (QED) is 0.621. The molecule has 0 unspecified atom stereocenters. The highest BCUT2D eigenvalue weighted by molar-refractivity contribution is 8.01. The molecule has 0 saturated heterocycles. The second kappa shape index (κ2) is 2.95. The molecular formula is C8H10ClOS+. The van der Waals surface area contributed by atoms with E-state index in [1.165, 1.54) is 0 Å². The zero-order valence-corrected chi connectivity index (χ0v) is 8.08. The van der Waals surface area contributed by atoms with Crippen molar-refractivity contribution in [1.29, 1.82) is 0 Å². The fourth-order valence-electron chi connectivity index (χ4n) is 0.773. The molecule has 1 aromatic rings. The lowest BCUT2D eigenvalue weighted by atomic mass is 10.4. The van der Waals surface area contributed by atoms with Gasteiger partial charge in [0.15, 0.2) is 4.90 Å². The molecule has 0 amide bonds. The van der Waals surface area contributed by atoms with Crippen LogP contribution >= 0.6 is 11.6 Å². The van der Waals surface area contributed by atoms with Gasteiger partial charge in [0.05, 0.1) is 0 Å². The minimum absolute atomic E-state index is 0.638. The van der Waals surface area contributed by atoms with E-state index in [1.807, 2.05) is 12.1 Å². The number of benzene rings is 1. The Morgan fingerprint density at radius 1 is 1.36 bits per heavy atom. The smallest absolute Gasteiger partial charge is 0.100 e. The fourth-order valence-corrected chi connectivity index (χ4v) is 1.84. The van der Waals surface area contributed by atoms with Crippen LogP contribution in [0.4, 0.5) is 0 Å². The fraction of sp³-hybridized carbons (Fsp3) is 0.250. The van der Waals surface area contributed by atoms with E-state index in [4.69, 9.17) is 11.6 Å². The van der Waals surface area contributed by atoms with Gasteiger partial charge in [-0.1, -0.05) is 17.7 Å². The summed E-state index contributed by atoms with van der Waals surface area (Å²) in [5, 5.41) is 0.638. The summed E-state index contributed by atoms with van der Waals surface area (Å²) in [5.41, 5.74) is 0. The summed E-state index contributed by atoms with van der Waals surface area (Å²) in [5.74, 6) is 0. The maximum Gasteiger partial charge on any atom is 0.159 e. The SMILES string of the molecule is C[S+](C)(=O)c1cccc(Cl)c1. The summed E-state index contributed by atoms with van der Waals surface area (Å²) in [6.07, 6.45) is 3.41. The van der Waals surface area contributed by atoms with E-state index in [-0.39, 0.29) is 0 Å². The first kappa shape index (κ1) is 8.75. The Balaban J connectivity index is 3.17. The first-order chi connectivity index (χ1) is 5.00. The zero-order valence-electron chi connectivity index (χ0n) is 6.50. The highest BCUT2D eigenvalue weighted by Gasteiger charge is 2.16. The molecule has 0 spiro atoms. The highest BCUT2D eigenvalue weighted by atomic mass is 35.5. The number of rotatable bonds is 1. The van der Waals surface area contributed by atoms with E-state index in [9.17, 15) is 4.21 Å². The summed E-state index contributed by atoms with van der Waals surface area (Å²) in [6, 6.07) is 7.15. The van der Waals surface area contributed by atoms with Crippen molar-refractivity contribution in [2.24, 2.45) is 0 Å². The van der Waals surface area contributed by atoms with Gasteiger partial charge in [-0.3, -0.25) is 0 Å². The molecule has 0 aliphatic carbocycles. The van der Waals surface area contributed by atoms with Crippen molar-refractivity contribution < 1.29 is 4.21 Å². The number of hydrogen-bond donors (Lipinski definition) is 0. The van der Waals surface area contributed by atoms with E-state index >= 15 is 0 Å². The monoisotopic (exact) mass is 189 g/mol. The van der Waals surface area contributed by atoms with Crippen molar-refractivity contribution in [3.05, 3.63) is 29.3 Å². The van der Waals surface area contributed by atoms with Crippen molar-refractivity contribution in [1.82, 2.24) is 0 Å². The molecule has 1 nitrogen and oxygen atoms in total. The maximum absolute atomic E-state index is 11.5. The molecule has 1 rings (SSSR count). The third-order valence-electron chi connectivity index (χ3n) is 1.36. The minimum Gasteiger partial charge on any atom is -0.100 e. The van der Waals surface area contributed by atoms with E-state index in [0.29, 0.717) is 5.02 Å². The normalized spacial score (nSPS) is 11.5. The molecule has 0 N–H and O–H groups in total. The lowest BCUT2D eigenvalue weighted by Gasteiger charge is -1.99. The van der Waals surface area contributed by atoms with Gasteiger partial charge in [0.1, 0.15) is 22.4 Å². The number of hydrogen-bond acceptors (Lipinski definition) is 1. The third-order valence-corrected chi connectivity index (χ3v) is 2.99. The van der Waals surface area contributed by atoms with E-state index in [1.54, 1.807) is 24.6 Å². The summed E-state index contributed by atoms with van der Waals surface area (Å²) < 4.78 is 11.5. The van der Waals surface area contributed by atoms with E-state index < -0.39 is 9.93 Å². The van der Waals surface area contributed by atoms with Gasteiger partial charge in [-0.05, 0) is 12.1 Å². The van der Waals surface area contributed by atoms with Crippen LogP contribution in [0.25, 0.3) is 0 Å². The molecule has 0 radical (unpaired) electrons. The van der Waals surface area contributed by atoms with E-state index in [2.05, 4.69) is 0 Å². The van der Waals surface area contributed by atoms with Gasteiger partial charge in [-0.2, -0.15) is 0 Å². The summed E-state index contributed by atoms with van der Waals surface area (Å²) >= 11 is 5.73. The Morgan fingerprint density at radius 2 is 2.00 bits per heavy atom. The van der Waals surface area contributed by atoms with Crippen LogP contribution in [0.3, 0.4) is 0 Å². The number of halogens is 1. The van der Waals surface area contributed by atoms with Gasteiger partial charge in [-0.25, -0.2) is 0 Å². The van der Waals surface area contributed by atoms with Crippen LogP contribution in [0.1, 0.15) is 0 Å². The molecule has 3 heteroatoms. The van der Waals surface area contributed by atoms with Gasteiger partial charge < -0.3 is 0 Å². The van der Waals surface area contributed by atoms with Crippen LogP contribution in [-0.4, -0.2) is 12.5 Å². The molecule has 0 saturated carbocycles. The Labute approximate surface area is 72.8 Å². The van der Waals surface area contributed by atoms with Crippen LogP contribution < -0.4 is 0 Å². The molecule has 0 aliphatic heterocycles. The molecule has 0 fully saturated rings. The summed E-state index contributed by atoms with van der Waals surface area (Å²) in [7, 11) is -1.86. The van der Waals surface area contributed by atoms with Crippen molar-refractivity contribution in [2.75, 3.05) is 12.5 Å². The molecular weight excluding hydrogens is 180 g/mol. The summed E-state index contributed by atoms with van der Waals surface area (Å²) in [4.78, 5) is 0.810. The Hall–Kier alpha value is -0.340. The van der Waals surface area contributed by atoms with Gasteiger partial charge in [-0.15, -0.1) is 4.21 Å². The topological polar surface area (TPSA) is 17.1 Å². The average Bonchev–Trinajstić information content (AvgIpc) is 1.86. The molecule has 0 atom stereocenters. The first-order valence-corrected chi connectivity index (χ1v) is 5.95. The van der Waals surface area contributed by atoms with E-state index in [0.717, 1.165) is 4.90 Å². The molecule has 11 heavy (non-hydrogen) atoms. The molecule has 0 aromatic heterocycles. The van der Waals surface area contributed by atoms with Gasteiger partial charge in [0.2, 0.25) is 0 Å². The molecule has 60 valence electrons. The van der Waals surface area contributed by atoms with Gasteiger partial charge in [0, 0.05) is 11.1 Å². The standard InChI is InChI=1S/C8H10ClOS/c1-11(2,10)8-5-3-4-7(9)6-8/h3-6H,1-2H3/q+1. The van der Waals surface area contributed by atoms with Crippen LogP contribution in [0.2, 0.25) is 5.02 Å². The Bertz CT molecular complexity index is 303. The maximum atomic E-state index is 11.5. The van der Waals surface area contributed by atoms with Crippen LogP contribution in [0.5, 0.6) is 0 Å². The van der Waals surface area contributed by atoms with Crippen molar-refractivity contribution in [3.8, 4) is 0 Å². The average molecular weight is 190 g/mol. The van der Waals surface area contributed by atoms with Crippen molar-refractivity contribution >= 4 is 21.5 Å². The van der Waals surface area contributed by atoms with Crippen LogP contribution in [0, 0.1) is 0 Å². The third kappa shape index (κ3) is 2.31. The molecule has 1 aromatic carbocycles. The predicted octanol–water partition coefficient (Wildman–Crippen LogP) is 2.46. The van der Waals surface area contributed by atoms with Crippen molar-refractivity contribution in [3.63, 3.8) is 0 Å². The minimum atomic E-state index is -1.86. The largest absolute Gasteiger partial charge is 0.159 e. The van der Waals surface area contributed by atoms with Gasteiger partial charge in [0.25, 0.3) is 0 Å². The molecule has 0 heterocycles.